The SMILES string of the molecule is CC(C)(C)NS(=O)(=O)c1ccc(-c2cccc(F)c2C(=O)O)cc1. The largest absolute Gasteiger partial charge is 0.478 e. The van der Waals surface area contributed by atoms with Gasteiger partial charge < -0.3 is 5.11 Å². The summed E-state index contributed by atoms with van der Waals surface area (Å²) < 4.78 is 40.8. The number of carbonyl (C=O) groups is 1. The van der Waals surface area contributed by atoms with Crippen LogP contribution in [0.1, 0.15) is 31.1 Å². The first-order chi connectivity index (χ1) is 11.0. The Hall–Kier alpha value is -2.25. The number of benzene rings is 2. The normalized spacial score (nSPS) is 12.2. The second kappa shape index (κ2) is 6.33. The molecule has 0 radical (unpaired) electrons. The molecule has 0 bridgehead atoms. The van der Waals surface area contributed by atoms with Crippen molar-refractivity contribution in [3.63, 3.8) is 0 Å². The molecule has 0 fully saturated rings. The van der Waals surface area contributed by atoms with Crippen LogP contribution >= 0.6 is 0 Å². The Labute approximate surface area is 140 Å². The number of aromatic carboxylic acids is 1. The third-order valence-corrected chi connectivity index (χ3v) is 4.92. The number of sulfonamides is 1. The van der Waals surface area contributed by atoms with Gasteiger partial charge in [-0.15, -0.1) is 0 Å². The molecule has 2 N–H and O–H groups in total. The first kappa shape index (κ1) is 18.1. The Balaban J connectivity index is 2.45. The zero-order valence-corrected chi connectivity index (χ0v) is 14.3. The van der Waals surface area contributed by atoms with Crippen molar-refractivity contribution in [2.75, 3.05) is 0 Å². The maximum Gasteiger partial charge on any atom is 0.339 e. The molecule has 0 aliphatic carbocycles. The predicted octanol–water partition coefficient (Wildman–Crippen LogP) is 3.27. The zero-order valence-electron chi connectivity index (χ0n) is 13.5. The molecular formula is C17H18FNO4S. The van der Waals surface area contributed by atoms with Crippen molar-refractivity contribution in [2.45, 2.75) is 31.2 Å². The van der Waals surface area contributed by atoms with E-state index in [2.05, 4.69) is 4.72 Å². The van der Waals surface area contributed by atoms with E-state index < -0.39 is 32.9 Å². The van der Waals surface area contributed by atoms with Gasteiger partial charge in [0.15, 0.2) is 0 Å². The second-order valence-corrected chi connectivity index (χ2v) is 8.03. The quantitative estimate of drug-likeness (QED) is 0.885. The van der Waals surface area contributed by atoms with E-state index in [0.29, 0.717) is 5.56 Å². The van der Waals surface area contributed by atoms with Crippen LogP contribution in [0.3, 0.4) is 0 Å². The highest BCUT2D eigenvalue weighted by molar-refractivity contribution is 7.89. The minimum Gasteiger partial charge on any atom is -0.478 e. The van der Waals surface area contributed by atoms with E-state index in [-0.39, 0.29) is 10.5 Å². The van der Waals surface area contributed by atoms with Gasteiger partial charge in [0.05, 0.1) is 4.90 Å². The van der Waals surface area contributed by atoms with Gasteiger partial charge in [-0.2, -0.15) is 0 Å². The summed E-state index contributed by atoms with van der Waals surface area (Å²) in [4.78, 5) is 11.3. The van der Waals surface area contributed by atoms with Crippen molar-refractivity contribution < 1.29 is 22.7 Å². The van der Waals surface area contributed by atoms with Crippen LogP contribution in [0.25, 0.3) is 11.1 Å². The summed E-state index contributed by atoms with van der Waals surface area (Å²) in [5.74, 6) is -2.22. The minimum atomic E-state index is -3.69. The lowest BCUT2D eigenvalue weighted by molar-refractivity contribution is 0.0693. The summed E-state index contributed by atoms with van der Waals surface area (Å²) in [5, 5.41) is 9.17. The summed E-state index contributed by atoms with van der Waals surface area (Å²) in [6.07, 6.45) is 0. The van der Waals surface area contributed by atoms with Crippen LogP contribution < -0.4 is 4.72 Å². The molecule has 0 aliphatic heterocycles. The Morgan fingerprint density at radius 2 is 1.67 bits per heavy atom. The highest BCUT2D eigenvalue weighted by Gasteiger charge is 2.22. The Bertz CT molecular complexity index is 868. The van der Waals surface area contributed by atoms with E-state index in [0.717, 1.165) is 6.07 Å². The van der Waals surface area contributed by atoms with E-state index >= 15 is 0 Å². The van der Waals surface area contributed by atoms with Gasteiger partial charge in [-0.1, -0.05) is 24.3 Å². The van der Waals surface area contributed by atoms with Crippen LogP contribution in [0, 0.1) is 5.82 Å². The Morgan fingerprint density at radius 1 is 1.08 bits per heavy atom. The monoisotopic (exact) mass is 351 g/mol. The number of rotatable bonds is 4. The average molecular weight is 351 g/mol. The molecule has 0 amide bonds. The van der Waals surface area contributed by atoms with Gasteiger partial charge in [0.25, 0.3) is 0 Å². The van der Waals surface area contributed by atoms with Gasteiger partial charge >= 0.3 is 5.97 Å². The standard InChI is InChI=1S/C17H18FNO4S/c1-17(2,3)19-24(22,23)12-9-7-11(8-10-12)13-5-4-6-14(18)15(13)16(20)21/h4-10,19H,1-3H3,(H,20,21). The van der Waals surface area contributed by atoms with Crippen molar-refractivity contribution in [3.8, 4) is 11.1 Å². The molecule has 0 spiro atoms. The molecule has 0 aliphatic rings. The molecule has 0 atom stereocenters. The fraction of sp³-hybridized carbons (Fsp3) is 0.235. The lowest BCUT2D eigenvalue weighted by atomic mass is 9.99. The first-order valence-corrected chi connectivity index (χ1v) is 8.66. The lowest BCUT2D eigenvalue weighted by Gasteiger charge is -2.20. The summed E-state index contributed by atoms with van der Waals surface area (Å²) in [5.41, 5.74) is -0.464. The van der Waals surface area contributed by atoms with Crippen LogP contribution in [-0.2, 0) is 10.0 Å². The number of halogens is 1. The van der Waals surface area contributed by atoms with E-state index in [1.54, 1.807) is 20.8 Å². The predicted molar refractivity (Wildman–Crippen MR) is 88.9 cm³/mol. The third kappa shape index (κ3) is 3.98. The number of nitrogens with one attached hydrogen (secondary N) is 1. The molecule has 24 heavy (non-hydrogen) atoms. The van der Waals surface area contributed by atoms with Crippen LogP contribution in [0.4, 0.5) is 4.39 Å². The van der Waals surface area contributed by atoms with Gasteiger partial charge in [-0.3, -0.25) is 0 Å². The first-order valence-electron chi connectivity index (χ1n) is 7.17. The maximum atomic E-state index is 13.8. The molecule has 0 saturated heterocycles. The van der Waals surface area contributed by atoms with Gasteiger partial charge in [0.2, 0.25) is 10.0 Å². The summed E-state index contributed by atoms with van der Waals surface area (Å²) >= 11 is 0. The van der Waals surface area contributed by atoms with Crippen molar-refractivity contribution in [1.29, 1.82) is 0 Å². The average Bonchev–Trinajstić information content (AvgIpc) is 2.44. The fourth-order valence-electron chi connectivity index (χ4n) is 2.26. The Morgan fingerprint density at radius 3 is 2.17 bits per heavy atom. The molecule has 0 saturated carbocycles. The second-order valence-electron chi connectivity index (χ2n) is 6.35. The molecular weight excluding hydrogens is 333 g/mol. The van der Waals surface area contributed by atoms with E-state index in [1.807, 2.05) is 0 Å². The molecule has 0 unspecified atom stereocenters. The lowest BCUT2D eigenvalue weighted by Crippen LogP contribution is -2.40. The molecule has 5 nitrogen and oxygen atoms in total. The van der Waals surface area contributed by atoms with Gasteiger partial charge in [-0.05, 0) is 50.1 Å². The fourth-order valence-corrected chi connectivity index (χ4v) is 3.68. The van der Waals surface area contributed by atoms with E-state index in [4.69, 9.17) is 0 Å². The van der Waals surface area contributed by atoms with Crippen molar-refractivity contribution >= 4 is 16.0 Å². The smallest absolute Gasteiger partial charge is 0.339 e. The van der Waals surface area contributed by atoms with Crippen molar-refractivity contribution in [3.05, 3.63) is 53.8 Å². The van der Waals surface area contributed by atoms with Crippen LogP contribution in [0.5, 0.6) is 0 Å². The minimum absolute atomic E-state index is 0.0504. The van der Waals surface area contributed by atoms with Crippen LogP contribution in [0.2, 0.25) is 0 Å². The number of carboxylic acid groups (broad SMARTS) is 1. The molecule has 0 heterocycles. The highest BCUT2D eigenvalue weighted by atomic mass is 32.2. The highest BCUT2D eigenvalue weighted by Crippen LogP contribution is 2.27. The van der Waals surface area contributed by atoms with Crippen LogP contribution in [0.15, 0.2) is 47.4 Å². The topological polar surface area (TPSA) is 83.5 Å². The molecule has 2 aromatic rings. The number of hydrogen-bond donors (Lipinski definition) is 2. The van der Waals surface area contributed by atoms with Gasteiger partial charge in [0.1, 0.15) is 11.4 Å². The number of hydrogen-bond acceptors (Lipinski definition) is 3. The van der Waals surface area contributed by atoms with Crippen molar-refractivity contribution in [1.82, 2.24) is 4.72 Å². The van der Waals surface area contributed by atoms with Gasteiger partial charge in [-0.25, -0.2) is 22.3 Å². The summed E-state index contributed by atoms with van der Waals surface area (Å²) in [6.45, 7) is 5.18. The maximum absolute atomic E-state index is 13.8. The summed E-state index contributed by atoms with van der Waals surface area (Å²) in [7, 11) is -3.69. The zero-order chi connectivity index (χ0) is 18.1. The van der Waals surface area contributed by atoms with Crippen molar-refractivity contribution in [2.24, 2.45) is 0 Å². The third-order valence-electron chi connectivity index (χ3n) is 3.14. The molecule has 128 valence electrons. The molecule has 7 heteroatoms. The Kier molecular flexibility index (Phi) is 4.77. The van der Waals surface area contributed by atoms with E-state index in [9.17, 15) is 22.7 Å². The number of carboxylic acids is 1. The van der Waals surface area contributed by atoms with E-state index in [1.165, 1.54) is 36.4 Å². The molecule has 2 aromatic carbocycles. The van der Waals surface area contributed by atoms with Crippen LogP contribution in [-0.4, -0.2) is 25.0 Å². The molecule has 0 aromatic heterocycles. The summed E-state index contributed by atoms with van der Waals surface area (Å²) in [6, 6.07) is 9.59. The molecule has 2 rings (SSSR count). The van der Waals surface area contributed by atoms with Gasteiger partial charge in [0, 0.05) is 5.54 Å².